The van der Waals surface area contributed by atoms with Crippen molar-refractivity contribution in [3.8, 4) is 11.3 Å². The van der Waals surface area contributed by atoms with Crippen LogP contribution in [-0.2, 0) is 22.3 Å². The highest BCUT2D eigenvalue weighted by molar-refractivity contribution is 7.88. The fraction of sp³-hybridized carbons (Fsp3) is 0.160. The highest BCUT2D eigenvalue weighted by Crippen LogP contribution is 2.26. The Balaban J connectivity index is 1.60. The molecule has 174 valence electrons. The van der Waals surface area contributed by atoms with Gasteiger partial charge in [-0.15, -0.1) is 6.58 Å². The zero-order valence-corrected chi connectivity index (χ0v) is 19.5. The minimum atomic E-state index is -3.46. The van der Waals surface area contributed by atoms with Gasteiger partial charge in [-0.25, -0.2) is 22.8 Å². The van der Waals surface area contributed by atoms with Gasteiger partial charge < -0.3 is 5.32 Å². The third-order valence-electron chi connectivity index (χ3n) is 5.24. The quantitative estimate of drug-likeness (QED) is 0.356. The molecule has 1 amide bonds. The number of carbonyl (C=O) groups is 1. The van der Waals surface area contributed by atoms with Crippen molar-refractivity contribution in [2.45, 2.75) is 19.2 Å². The standard InChI is InChI=1S/C25H25N5O3S/c1-3-14-27-34(32,33)17-18-10-12-20(13-11-18)28-25(31)21-15-23(19-8-6-5-7-9-19)29-24-22(21)16-26-30(24)4-2/h3,5-13,15-16,27H,1,4,14,17H2,2H3,(H,28,31). The number of aromatic nitrogens is 3. The summed E-state index contributed by atoms with van der Waals surface area (Å²) in [6, 6.07) is 18.1. The number of hydrogen-bond donors (Lipinski definition) is 2. The van der Waals surface area contributed by atoms with E-state index in [-0.39, 0.29) is 18.2 Å². The number of carbonyl (C=O) groups excluding carboxylic acids is 1. The number of benzene rings is 2. The van der Waals surface area contributed by atoms with E-state index in [0.29, 0.717) is 40.1 Å². The van der Waals surface area contributed by atoms with Crippen molar-refractivity contribution in [1.82, 2.24) is 19.5 Å². The van der Waals surface area contributed by atoms with Crippen molar-refractivity contribution in [3.63, 3.8) is 0 Å². The Bertz CT molecular complexity index is 1430. The molecule has 0 aliphatic heterocycles. The van der Waals surface area contributed by atoms with Crippen LogP contribution in [0, 0.1) is 0 Å². The Morgan fingerprint density at radius 1 is 1.12 bits per heavy atom. The molecule has 2 heterocycles. The fourth-order valence-corrected chi connectivity index (χ4v) is 4.67. The zero-order chi connectivity index (χ0) is 24.1. The largest absolute Gasteiger partial charge is 0.322 e. The molecule has 34 heavy (non-hydrogen) atoms. The lowest BCUT2D eigenvalue weighted by atomic mass is 10.1. The Morgan fingerprint density at radius 3 is 2.53 bits per heavy atom. The van der Waals surface area contributed by atoms with Crippen molar-refractivity contribution in [3.05, 3.63) is 90.6 Å². The lowest BCUT2D eigenvalue weighted by molar-refractivity contribution is 0.102. The van der Waals surface area contributed by atoms with E-state index in [1.54, 1.807) is 41.2 Å². The second-order valence-electron chi connectivity index (χ2n) is 7.67. The second-order valence-corrected chi connectivity index (χ2v) is 9.47. The minimum absolute atomic E-state index is 0.156. The number of aryl methyl sites for hydroxylation is 1. The maximum Gasteiger partial charge on any atom is 0.256 e. The molecule has 0 bridgehead atoms. The van der Waals surface area contributed by atoms with Crippen LogP contribution in [0.2, 0.25) is 0 Å². The number of fused-ring (bicyclic) bond motifs is 1. The van der Waals surface area contributed by atoms with Crippen LogP contribution in [0.1, 0.15) is 22.8 Å². The van der Waals surface area contributed by atoms with Crippen LogP contribution in [0.3, 0.4) is 0 Å². The number of pyridine rings is 1. The molecule has 0 saturated heterocycles. The third-order valence-corrected chi connectivity index (χ3v) is 6.56. The zero-order valence-electron chi connectivity index (χ0n) is 18.7. The first kappa shape index (κ1) is 23.3. The van der Waals surface area contributed by atoms with E-state index in [4.69, 9.17) is 4.98 Å². The average molecular weight is 476 g/mol. The Kier molecular flexibility index (Phi) is 6.85. The van der Waals surface area contributed by atoms with Crippen LogP contribution >= 0.6 is 0 Å². The van der Waals surface area contributed by atoms with Crippen molar-refractivity contribution < 1.29 is 13.2 Å². The molecule has 2 aromatic heterocycles. The van der Waals surface area contributed by atoms with Crippen LogP contribution < -0.4 is 10.0 Å². The van der Waals surface area contributed by atoms with Gasteiger partial charge in [0.15, 0.2) is 5.65 Å². The number of nitrogens with one attached hydrogen (secondary N) is 2. The monoisotopic (exact) mass is 475 g/mol. The predicted molar refractivity (Wildman–Crippen MR) is 134 cm³/mol. The van der Waals surface area contributed by atoms with Gasteiger partial charge in [0.1, 0.15) is 0 Å². The smallest absolute Gasteiger partial charge is 0.256 e. The van der Waals surface area contributed by atoms with E-state index in [2.05, 4.69) is 21.7 Å². The van der Waals surface area contributed by atoms with E-state index in [9.17, 15) is 13.2 Å². The van der Waals surface area contributed by atoms with E-state index < -0.39 is 10.0 Å². The maximum atomic E-state index is 13.2. The summed E-state index contributed by atoms with van der Waals surface area (Å²) >= 11 is 0. The van der Waals surface area contributed by atoms with Crippen molar-refractivity contribution >= 4 is 32.7 Å². The summed E-state index contributed by atoms with van der Waals surface area (Å²) in [5.41, 5.74) is 3.85. The van der Waals surface area contributed by atoms with Gasteiger partial charge in [-0.3, -0.25) is 4.79 Å². The third kappa shape index (κ3) is 5.22. The summed E-state index contributed by atoms with van der Waals surface area (Å²) < 4.78 is 28.3. The Morgan fingerprint density at radius 2 is 1.85 bits per heavy atom. The summed E-state index contributed by atoms with van der Waals surface area (Å²) in [4.78, 5) is 18.0. The number of anilines is 1. The van der Waals surface area contributed by atoms with E-state index >= 15 is 0 Å². The predicted octanol–water partition coefficient (Wildman–Crippen LogP) is 3.98. The molecule has 0 spiro atoms. The molecule has 0 aliphatic rings. The number of hydrogen-bond acceptors (Lipinski definition) is 5. The first-order chi connectivity index (χ1) is 16.4. The molecule has 2 aromatic carbocycles. The van der Waals surface area contributed by atoms with Crippen LogP contribution in [0.25, 0.3) is 22.3 Å². The van der Waals surface area contributed by atoms with Gasteiger partial charge in [0, 0.05) is 24.3 Å². The van der Waals surface area contributed by atoms with Gasteiger partial charge >= 0.3 is 0 Å². The van der Waals surface area contributed by atoms with Gasteiger partial charge in [-0.2, -0.15) is 5.10 Å². The lowest BCUT2D eigenvalue weighted by Crippen LogP contribution is -2.25. The topological polar surface area (TPSA) is 106 Å². The molecule has 4 rings (SSSR count). The molecule has 0 radical (unpaired) electrons. The van der Waals surface area contributed by atoms with Crippen molar-refractivity contribution in [1.29, 1.82) is 0 Å². The highest BCUT2D eigenvalue weighted by Gasteiger charge is 2.18. The van der Waals surface area contributed by atoms with Gasteiger partial charge in [0.2, 0.25) is 10.0 Å². The fourth-order valence-electron chi connectivity index (χ4n) is 3.56. The number of sulfonamides is 1. The van der Waals surface area contributed by atoms with Crippen LogP contribution in [0.5, 0.6) is 0 Å². The molecule has 9 heteroatoms. The highest BCUT2D eigenvalue weighted by atomic mass is 32.2. The molecule has 4 aromatic rings. The number of nitrogens with zero attached hydrogens (tertiary/aromatic N) is 3. The Hall–Kier alpha value is -3.82. The number of amides is 1. The maximum absolute atomic E-state index is 13.2. The average Bonchev–Trinajstić information content (AvgIpc) is 3.27. The molecule has 8 nitrogen and oxygen atoms in total. The first-order valence-corrected chi connectivity index (χ1v) is 12.5. The SMILES string of the molecule is C=CCNS(=O)(=O)Cc1ccc(NC(=O)c2cc(-c3ccccc3)nc3c2cnn3CC)cc1. The summed E-state index contributed by atoms with van der Waals surface area (Å²) in [6.45, 7) is 6.28. The molecular formula is C25H25N5O3S. The molecule has 2 N–H and O–H groups in total. The van der Waals surface area contributed by atoms with Gasteiger partial charge in [0.05, 0.1) is 28.6 Å². The number of rotatable bonds is 9. The van der Waals surface area contributed by atoms with E-state index in [1.807, 2.05) is 37.3 Å². The summed E-state index contributed by atoms with van der Waals surface area (Å²) in [5.74, 6) is -0.454. The van der Waals surface area contributed by atoms with Gasteiger partial charge in [-0.05, 0) is 30.7 Å². The lowest BCUT2D eigenvalue weighted by Gasteiger charge is -2.10. The van der Waals surface area contributed by atoms with Crippen LogP contribution in [-0.4, -0.2) is 35.6 Å². The molecule has 0 fully saturated rings. The first-order valence-electron chi connectivity index (χ1n) is 10.8. The van der Waals surface area contributed by atoms with E-state index in [0.717, 1.165) is 5.56 Å². The van der Waals surface area contributed by atoms with Crippen molar-refractivity contribution in [2.75, 3.05) is 11.9 Å². The van der Waals surface area contributed by atoms with E-state index in [1.165, 1.54) is 6.08 Å². The molecule has 0 unspecified atom stereocenters. The molecule has 0 aliphatic carbocycles. The molecule has 0 saturated carbocycles. The van der Waals surface area contributed by atoms with Crippen LogP contribution in [0.4, 0.5) is 5.69 Å². The Labute approximate surface area is 198 Å². The molecule has 0 atom stereocenters. The van der Waals surface area contributed by atoms with Gasteiger partial charge in [0.25, 0.3) is 5.91 Å². The van der Waals surface area contributed by atoms with Crippen molar-refractivity contribution in [2.24, 2.45) is 0 Å². The normalized spacial score (nSPS) is 11.4. The minimum Gasteiger partial charge on any atom is -0.322 e. The summed E-state index contributed by atoms with van der Waals surface area (Å²) in [6.07, 6.45) is 3.14. The van der Waals surface area contributed by atoms with Gasteiger partial charge in [-0.1, -0.05) is 48.5 Å². The molecular weight excluding hydrogens is 450 g/mol. The summed E-state index contributed by atoms with van der Waals surface area (Å²) in [5, 5.41) is 7.93. The second kappa shape index (κ2) is 9.98. The summed E-state index contributed by atoms with van der Waals surface area (Å²) in [7, 11) is -3.46. The van der Waals surface area contributed by atoms with Crippen LogP contribution in [0.15, 0.2) is 79.5 Å².